The molecule has 1 aromatic heterocycles. The van der Waals surface area contributed by atoms with Crippen molar-refractivity contribution < 1.29 is 23.0 Å². The summed E-state index contributed by atoms with van der Waals surface area (Å²) in [5, 5.41) is 9.18. The van der Waals surface area contributed by atoms with Gasteiger partial charge >= 0.3 is 5.97 Å². The first-order valence-corrected chi connectivity index (χ1v) is 13.8. The second kappa shape index (κ2) is 9.45. The number of carbonyl (C=O) groups excluding carboxylic acids is 1. The number of nitrogen functional groups attached to an aromatic ring is 1. The van der Waals surface area contributed by atoms with Crippen LogP contribution < -0.4 is 5.73 Å². The number of anilines is 1. The second-order valence-corrected chi connectivity index (χ2v) is 11.9. The lowest BCUT2D eigenvalue weighted by Gasteiger charge is -2.57. The molecule has 9 heteroatoms. The van der Waals surface area contributed by atoms with Gasteiger partial charge in [0.1, 0.15) is 4.62 Å². The molecule has 2 heterocycles. The monoisotopic (exact) mass is 585 g/mol. The van der Waals surface area contributed by atoms with Gasteiger partial charge in [-0.3, -0.25) is 10.2 Å². The number of halogens is 3. The van der Waals surface area contributed by atoms with Crippen molar-refractivity contribution in [3.8, 4) is 5.69 Å². The summed E-state index contributed by atoms with van der Waals surface area (Å²) in [7, 11) is 1.44. The van der Waals surface area contributed by atoms with E-state index in [0.717, 1.165) is 61.2 Å². The smallest absolute Gasteiger partial charge is 0.308 e. The molecule has 0 amide bonds. The van der Waals surface area contributed by atoms with Gasteiger partial charge in [0.25, 0.3) is 0 Å². The van der Waals surface area contributed by atoms with Gasteiger partial charge in [0.2, 0.25) is 0 Å². The van der Waals surface area contributed by atoms with Gasteiger partial charge in [-0.15, -0.1) is 0 Å². The number of rotatable bonds is 5. The summed E-state index contributed by atoms with van der Waals surface area (Å²) < 4.78 is 41.3. The van der Waals surface area contributed by atoms with Gasteiger partial charge < -0.3 is 19.8 Å². The number of carbonyl (C=O) groups is 1. The number of ether oxygens (including phenoxy) is 2. The SMILES string of the molecule is COC(=O)C1CC2(C1)CC(c1c(C3CCOCC3)n(-c3ccc(F)c(F)c3)c3cc(C(=N)Br)c(N)cc13)C2. The Balaban J connectivity index is 1.52. The van der Waals surface area contributed by atoms with Crippen LogP contribution in [0.2, 0.25) is 0 Å². The topological polar surface area (TPSA) is 90.3 Å². The van der Waals surface area contributed by atoms with Crippen molar-refractivity contribution in [3.63, 3.8) is 0 Å². The predicted octanol–water partition coefficient (Wildman–Crippen LogP) is 6.55. The van der Waals surface area contributed by atoms with Crippen molar-refractivity contribution in [2.24, 2.45) is 11.3 Å². The average Bonchev–Trinajstić information content (AvgIpc) is 3.17. The molecular weight excluding hydrogens is 556 g/mol. The lowest BCUT2D eigenvalue weighted by molar-refractivity contribution is -0.159. The Morgan fingerprint density at radius 1 is 1.11 bits per heavy atom. The van der Waals surface area contributed by atoms with E-state index in [-0.39, 0.29) is 33.8 Å². The molecule has 3 N–H and O–H groups in total. The van der Waals surface area contributed by atoms with Crippen LogP contribution in [0.4, 0.5) is 14.5 Å². The standard InChI is InChI=1S/C29H30BrF2N3O3/c1-37-28(36)17-13-29(14-17)11-16(12-29)25-20-9-23(33)19(27(30)34)10-24(20)35(18-2-3-21(31)22(32)8-18)26(25)15-4-6-38-7-5-15/h2-3,8-10,15-17,34H,4-7,11-14,33H2,1H3. The fourth-order valence-electron chi connectivity index (χ4n) is 7.13. The third-order valence-electron chi connectivity index (χ3n) is 8.88. The van der Waals surface area contributed by atoms with Gasteiger partial charge in [-0.2, -0.15) is 0 Å². The zero-order valence-corrected chi connectivity index (χ0v) is 22.7. The maximum atomic E-state index is 14.5. The van der Waals surface area contributed by atoms with E-state index < -0.39 is 11.6 Å². The molecule has 2 aliphatic carbocycles. The van der Waals surface area contributed by atoms with E-state index in [1.54, 1.807) is 6.07 Å². The first kappa shape index (κ1) is 25.5. The predicted molar refractivity (Wildman–Crippen MR) is 145 cm³/mol. The molecule has 200 valence electrons. The number of benzene rings is 2. The number of hydrogen-bond donors (Lipinski definition) is 2. The fraction of sp³-hybridized carbons (Fsp3) is 0.448. The molecule has 0 atom stereocenters. The van der Waals surface area contributed by atoms with E-state index in [4.69, 9.17) is 20.6 Å². The van der Waals surface area contributed by atoms with Gasteiger partial charge in [0.15, 0.2) is 11.6 Å². The molecule has 6 rings (SSSR count). The van der Waals surface area contributed by atoms with Crippen molar-refractivity contribution >= 4 is 43.1 Å². The number of nitrogens with two attached hydrogens (primary N) is 1. The van der Waals surface area contributed by atoms with E-state index in [0.29, 0.717) is 30.2 Å². The Morgan fingerprint density at radius 2 is 1.82 bits per heavy atom. The average molecular weight is 586 g/mol. The molecule has 0 unspecified atom stereocenters. The van der Waals surface area contributed by atoms with Gasteiger partial charge in [0.05, 0.1) is 18.5 Å². The Kier molecular flexibility index (Phi) is 6.34. The van der Waals surface area contributed by atoms with Crippen molar-refractivity contribution in [1.29, 1.82) is 5.41 Å². The molecule has 3 aliphatic rings. The third-order valence-corrected chi connectivity index (χ3v) is 9.31. The minimum Gasteiger partial charge on any atom is -0.469 e. The molecule has 2 aromatic carbocycles. The molecule has 6 nitrogen and oxygen atoms in total. The van der Waals surface area contributed by atoms with Crippen LogP contribution in [0.25, 0.3) is 16.6 Å². The Labute approximate surface area is 228 Å². The number of methoxy groups -OCH3 is 1. The molecule has 0 bridgehead atoms. The van der Waals surface area contributed by atoms with Gasteiger partial charge in [-0.05, 0) is 95.6 Å². The van der Waals surface area contributed by atoms with Crippen LogP contribution in [-0.4, -0.2) is 35.5 Å². The van der Waals surface area contributed by atoms with Crippen LogP contribution in [0.5, 0.6) is 0 Å². The van der Waals surface area contributed by atoms with Crippen molar-refractivity contribution in [3.05, 3.63) is 58.8 Å². The molecular formula is C29H30BrF2N3O3. The third kappa shape index (κ3) is 4.06. The summed E-state index contributed by atoms with van der Waals surface area (Å²) in [5.41, 5.74) is 11.3. The van der Waals surface area contributed by atoms with E-state index >= 15 is 0 Å². The van der Waals surface area contributed by atoms with Crippen LogP contribution in [-0.2, 0) is 14.3 Å². The highest BCUT2D eigenvalue weighted by Crippen LogP contribution is 2.65. The first-order valence-electron chi connectivity index (χ1n) is 13.0. The second-order valence-electron chi connectivity index (χ2n) is 11.1. The van der Waals surface area contributed by atoms with E-state index in [1.165, 1.54) is 18.7 Å². The highest BCUT2D eigenvalue weighted by atomic mass is 79.9. The van der Waals surface area contributed by atoms with Crippen LogP contribution in [0.15, 0.2) is 30.3 Å². The number of nitrogens with zero attached hydrogens (tertiary/aromatic N) is 1. The number of nitrogens with one attached hydrogen (secondary N) is 1. The lowest BCUT2D eigenvalue weighted by Crippen LogP contribution is -2.49. The van der Waals surface area contributed by atoms with Crippen LogP contribution in [0, 0.1) is 28.4 Å². The maximum absolute atomic E-state index is 14.5. The first-order chi connectivity index (χ1) is 18.2. The van der Waals surface area contributed by atoms with Gasteiger partial charge in [-0.25, -0.2) is 8.78 Å². The lowest BCUT2D eigenvalue weighted by atomic mass is 9.47. The largest absolute Gasteiger partial charge is 0.469 e. The molecule has 3 aromatic rings. The Bertz CT molecular complexity index is 1450. The number of aromatic nitrogens is 1. The van der Waals surface area contributed by atoms with Crippen LogP contribution in [0.3, 0.4) is 0 Å². The van der Waals surface area contributed by atoms with Crippen LogP contribution >= 0.6 is 15.9 Å². The summed E-state index contributed by atoms with van der Waals surface area (Å²) >= 11 is 3.26. The number of hydrogen-bond acceptors (Lipinski definition) is 5. The molecule has 3 fully saturated rings. The van der Waals surface area contributed by atoms with E-state index in [2.05, 4.69) is 15.9 Å². The summed E-state index contributed by atoms with van der Waals surface area (Å²) in [6.45, 7) is 1.27. The van der Waals surface area contributed by atoms with E-state index in [1.807, 2.05) is 16.7 Å². The normalized spacial score (nSPS) is 25.3. The Morgan fingerprint density at radius 3 is 2.45 bits per heavy atom. The molecule has 38 heavy (non-hydrogen) atoms. The fourth-order valence-corrected chi connectivity index (χ4v) is 7.47. The molecule has 1 saturated heterocycles. The molecule has 1 spiro atoms. The number of fused-ring (bicyclic) bond motifs is 1. The molecule has 1 aliphatic heterocycles. The molecule has 0 radical (unpaired) electrons. The zero-order valence-electron chi connectivity index (χ0n) is 21.2. The number of esters is 1. The van der Waals surface area contributed by atoms with E-state index in [9.17, 15) is 13.6 Å². The van der Waals surface area contributed by atoms with Crippen molar-refractivity contribution in [1.82, 2.24) is 4.57 Å². The van der Waals surface area contributed by atoms with Crippen molar-refractivity contribution in [2.75, 3.05) is 26.1 Å². The summed E-state index contributed by atoms with van der Waals surface area (Å²) in [5.74, 6) is -1.52. The van der Waals surface area contributed by atoms with Crippen LogP contribution in [0.1, 0.15) is 67.2 Å². The Hall–Kier alpha value is -2.78. The summed E-state index contributed by atoms with van der Waals surface area (Å²) in [6.07, 6.45) is 5.26. The minimum absolute atomic E-state index is 0.0254. The maximum Gasteiger partial charge on any atom is 0.308 e. The summed E-state index contributed by atoms with van der Waals surface area (Å²) in [4.78, 5) is 12.0. The van der Waals surface area contributed by atoms with Gasteiger partial charge in [-0.1, -0.05) is 0 Å². The minimum atomic E-state index is -0.904. The highest BCUT2D eigenvalue weighted by molar-refractivity contribution is 9.18. The van der Waals surface area contributed by atoms with Crippen molar-refractivity contribution in [2.45, 2.75) is 50.4 Å². The quantitative estimate of drug-likeness (QED) is 0.202. The zero-order chi connectivity index (χ0) is 26.8. The van der Waals surface area contributed by atoms with Gasteiger partial charge in [0, 0.05) is 53.2 Å². The highest BCUT2D eigenvalue weighted by Gasteiger charge is 2.56. The molecule has 2 saturated carbocycles. The summed E-state index contributed by atoms with van der Waals surface area (Å²) in [6, 6.07) is 7.81.